The predicted octanol–water partition coefficient (Wildman–Crippen LogP) is 3.83. The molecule has 0 unspecified atom stereocenters. The molecule has 2 aromatic rings. The smallest absolute Gasteiger partial charge is 0.103 e. The van der Waals surface area contributed by atoms with Crippen molar-refractivity contribution in [3.8, 4) is 12.1 Å². The van der Waals surface area contributed by atoms with E-state index in [0.717, 1.165) is 0 Å². The maximum absolute atomic E-state index is 9.06. The van der Waals surface area contributed by atoms with Crippen molar-refractivity contribution >= 4 is 23.0 Å². The van der Waals surface area contributed by atoms with Gasteiger partial charge in [-0.25, -0.2) is 0 Å². The van der Waals surface area contributed by atoms with Crippen molar-refractivity contribution in [3.63, 3.8) is 0 Å². The lowest BCUT2D eigenvalue weighted by Crippen LogP contribution is -1.96. The van der Waals surface area contributed by atoms with E-state index in [2.05, 4.69) is 11.4 Å². The molecule has 0 saturated heterocycles. The van der Waals surface area contributed by atoms with Crippen LogP contribution in [0.3, 0.4) is 0 Å². The SMILES string of the molecule is N#Cc1ccccc1Nc1cccc(Cl)c1C#N. The lowest BCUT2D eigenvalue weighted by molar-refractivity contribution is 1.44. The Kier molecular flexibility index (Phi) is 3.48. The van der Waals surface area contributed by atoms with Crippen LogP contribution in [0.25, 0.3) is 0 Å². The molecule has 2 rings (SSSR count). The zero-order chi connectivity index (χ0) is 13.0. The molecular formula is C14H8ClN3. The fourth-order valence-electron chi connectivity index (χ4n) is 1.58. The van der Waals surface area contributed by atoms with Gasteiger partial charge in [-0.1, -0.05) is 29.8 Å². The standard InChI is InChI=1S/C14H8ClN3/c15-12-5-3-7-14(11(12)9-17)18-13-6-2-1-4-10(13)8-16/h1-7,18H. The van der Waals surface area contributed by atoms with Gasteiger partial charge in [0.2, 0.25) is 0 Å². The van der Waals surface area contributed by atoms with Crippen LogP contribution in [0, 0.1) is 22.7 Å². The van der Waals surface area contributed by atoms with E-state index in [1.54, 1.807) is 36.4 Å². The molecule has 0 spiro atoms. The summed E-state index contributed by atoms with van der Waals surface area (Å²) in [6.45, 7) is 0. The van der Waals surface area contributed by atoms with Crippen LogP contribution in [0.15, 0.2) is 42.5 Å². The minimum Gasteiger partial charge on any atom is -0.353 e. The fourth-order valence-corrected chi connectivity index (χ4v) is 1.79. The van der Waals surface area contributed by atoms with Crippen molar-refractivity contribution < 1.29 is 0 Å². The maximum Gasteiger partial charge on any atom is 0.103 e. The Morgan fingerprint density at radius 3 is 2.33 bits per heavy atom. The number of nitrogens with one attached hydrogen (secondary N) is 1. The third-order valence-corrected chi connectivity index (χ3v) is 2.76. The molecule has 0 fully saturated rings. The second-order valence-corrected chi connectivity index (χ2v) is 3.96. The first kappa shape index (κ1) is 12.0. The summed E-state index contributed by atoms with van der Waals surface area (Å²) < 4.78 is 0. The second-order valence-electron chi connectivity index (χ2n) is 3.56. The average Bonchev–Trinajstić information content (AvgIpc) is 2.40. The Morgan fingerprint density at radius 1 is 0.889 bits per heavy atom. The van der Waals surface area contributed by atoms with Crippen LogP contribution in [-0.2, 0) is 0 Å². The minimum absolute atomic E-state index is 0.368. The van der Waals surface area contributed by atoms with Crippen molar-refractivity contribution in [2.75, 3.05) is 5.32 Å². The Bertz CT molecular complexity index is 665. The lowest BCUT2D eigenvalue weighted by Gasteiger charge is -2.10. The van der Waals surface area contributed by atoms with Gasteiger partial charge in [0, 0.05) is 0 Å². The molecule has 0 bridgehead atoms. The van der Waals surface area contributed by atoms with E-state index in [4.69, 9.17) is 22.1 Å². The van der Waals surface area contributed by atoms with Crippen molar-refractivity contribution in [1.82, 2.24) is 0 Å². The maximum atomic E-state index is 9.06. The quantitative estimate of drug-likeness (QED) is 0.885. The van der Waals surface area contributed by atoms with Gasteiger partial charge in [0.25, 0.3) is 0 Å². The molecule has 0 aliphatic heterocycles. The number of benzene rings is 2. The molecule has 0 saturated carbocycles. The molecular weight excluding hydrogens is 246 g/mol. The predicted molar refractivity (Wildman–Crippen MR) is 70.6 cm³/mol. The molecule has 0 amide bonds. The molecule has 2 aromatic carbocycles. The van der Waals surface area contributed by atoms with Crippen LogP contribution < -0.4 is 5.32 Å². The summed E-state index contributed by atoms with van der Waals surface area (Å²) in [4.78, 5) is 0. The van der Waals surface area contributed by atoms with Gasteiger partial charge in [0.05, 0.1) is 27.5 Å². The van der Waals surface area contributed by atoms with E-state index in [0.29, 0.717) is 27.5 Å². The first-order valence-electron chi connectivity index (χ1n) is 5.21. The molecule has 1 N–H and O–H groups in total. The largest absolute Gasteiger partial charge is 0.353 e. The number of anilines is 2. The third-order valence-electron chi connectivity index (χ3n) is 2.44. The summed E-state index contributed by atoms with van der Waals surface area (Å²) in [7, 11) is 0. The van der Waals surface area contributed by atoms with E-state index < -0.39 is 0 Å². The summed E-state index contributed by atoms with van der Waals surface area (Å²) in [6, 6.07) is 16.4. The monoisotopic (exact) mass is 253 g/mol. The molecule has 0 heterocycles. The van der Waals surface area contributed by atoms with E-state index in [-0.39, 0.29) is 0 Å². The highest BCUT2D eigenvalue weighted by Gasteiger charge is 2.08. The number of halogens is 1. The molecule has 18 heavy (non-hydrogen) atoms. The number of nitriles is 2. The van der Waals surface area contributed by atoms with Gasteiger partial charge < -0.3 is 5.32 Å². The van der Waals surface area contributed by atoms with Crippen molar-refractivity contribution in [1.29, 1.82) is 10.5 Å². The molecule has 0 radical (unpaired) electrons. The molecule has 3 nitrogen and oxygen atoms in total. The molecule has 0 aromatic heterocycles. The Hall–Kier alpha value is -2.49. The van der Waals surface area contributed by atoms with E-state index in [1.165, 1.54) is 0 Å². The highest BCUT2D eigenvalue weighted by Crippen LogP contribution is 2.27. The van der Waals surface area contributed by atoms with E-state index >= 15 is 0 Å². The summed E-state index contributed by atoms with van der Waals surface area (Å²) in [5, 5.41) is 21.5. The zero-order valence-corrected chi connectivity index (χ0v) is 10.1. The van der Waals surface area contributed by atoms with Gasteiger partial charge >= 0.3 is 0 Å². The number of nitrogens with zero attached hydrogens (tertiary/aromatic N) is 2. The minimum atomic E-state index is 0.368. The number of rotatable bonds is 2. The van der Waals surface area contributed by atoms with Crippen molar-refractivity contribution in [2.45, 2.75) is 0 Å². The van der Waals surface area contributed by atoms with Crippen molar-refractivity contribution in [2.24, 2.45) is 0 Å². The molecule has 0 aliphatic rings. The summed E-state index contributed by atoms with van der Waals surface area (Å²) in [5.74, 6) is 0. The highest BCUT2D eigenvalue weighted by atomic mass is 35.5. The van der Waals surface area contributed by atoms with Crippen LogP contribution in [0.1, 0.15) is 11.1 Å². The number of para-hydroxylation sites is 1. The zero-order valence-electron chi connectivity index (χ0n) is 9.31. The third kappa shape index (κ3) is 2.27. The highest BCUT2D eigenvalue weighted by molar-refractivity contribution is 6.32. The van der Waals surface area contributed by atoms with Crippen LogP contribution in [0.4, 0.5) is 11.4 Å². The normalized spacial score (nSPS) is 9.28. The van der Waals surface area contributed by atoms with E-state index in [9.17, 15) is 0 Å². The van der Waals surface area contributed by atoms with Gasteiger partial charge in [-0.3, -0.25) is 0 Å². The summed E-state index contributed by atoms with van der Waals surface area (Å²) >= 11 is 5.94. The number of hydrogen-bond donors (Lipinski definition) is 1. The van der Waals surface area contributed by atoms with Crippen LogP contribution in [0.2, 0.25) is 5.02 Å². The van der Waals surface area contributed by atoms with Gasteiger partial charge in [-0.05, 0) is 24.3 Å². The average molecular weight is 254 g/mol. The number of hydrogen-bond acceptors (Lipinski definition) is 3. The molecule has 4 heteroatoms. The Labute approximate surface area is 110 Å². The van der Waals surface area contributed by atoms with Gasteiger partial charge in [0.15, 0.2) is 0 Å². The fraction of sp³-hybridized carbons (Fsp3) is 0. The van der Waals surface area contributed by atoms with Crippen LogP contribution in [-0.4, -0.2) is 0 Å². The molecule has 0 atom stereocenters. The van der Waals surface area contributed by atoms with Gasteiger partial charge in [-0.2, -0.15) is 10.5 Å². The van der Waals surface area contributed by atoms with Crippen molar-refractivity contribution in [3.05, 3.63) is 58.6 Å². The van der Waals surface area contributed by atoms with E-state index in [1.807, 2.05) is 12.1 Å². The van der Waals surface area contributed by atoms with Gasteiger partial charge in [-0.15, -0.1) is 0 Å². The molecule has 0 aliphatic carbocycles. The second kappa shape index (κ2) is 5.23. The topological polar surface area (TPSA) is 59.6 Å². The van der Waals surface area contributed by atoms with Gasteiger partial charge in [0.1, 0.15) is 12.1 Å². The summed E-state index contributed by atoms with van der Waals surface area (Å²) in [6.07, 6.45) is 0. The summed E-state index contributed by atoms with van der Waals surface area (Å²) in [5.41, 5.74) is 2.12. The first-order valence-corrected chi connectivity index (χ1v) is 5.59. The van der Waals surface area contributed by atoms with Crippen LogP contribution >= 0.6 is 11.6 Å². The Morgan fingerprint density at radius 2 is 1.61 bits per heavy atom. The lowest BCUT2D eigenvalue weighted by atomic mass is 10.1. The van der Waals surface area contributed by atoms with Crippen LogP contribution in [0.5, 0.6) is 0 Å². The molecule has 86 valence electrons. The first-order chi connectivity index (χ1) is 8.76. The Balaban J connectivity index is 2.45.